The van der Waals surface area contributed by atoms with Crippen molar-refractivity contribution in [3.05, 3.63) is 40.0 Å². The molecule has 37 heavy (non-hydrogen) atoms. The first-order chi connectivity index (χ1) is 17.8. The molecule has 196 valence electrons. The lowest BCUT2D eigenvalue weighted by Gasteiger charge is -2.47. The van der Waals surface area contributed by atoms with Gasteiger partial charge in [0.2, 0.25) is 0 Å². The van der Waals surface area contributed by atoms with Crippen molar-refractivity contribution in [3.63, 3.8) is 0 Å². The molecule has 1 atom stereocenters. The number of piperidine rings is 1. The monoisotopic (exact) mass is 545 g/mol. The quantitative estimate of drug-likeness (QED) is 0.490. The minimum Gasteiger partial charge on any atom is -0.402 e. The van der Waals surface area contributed by atoms with Gasteiger partial charge in [0.15, 0.2) is 22.5 Å². The summed E-state index contributed by atoms with van der Waals surface area (Å²) in [7, 11) is 0. The number of anilines is 3. The van der Waals surface area contributed by atoms with Gasteiger partial charge in [-0.05, 0) is 43.5 Å². The van der Waals surface area contributed by atoms with Crippen LogP contribution in [0, 0.1) is 0 Å². The molecule has 0 aliphatic carbocycles. The van der Waals surface area contributed by atoms with Crippen molar-refractivity contribution in [3.8, 4) is 11.6 Å². The number of piperazine rings is 1. The second kappa shape index (κ2) is 10.7. The molecular weight excluding hydrogens is 517 g/mol. The fourth-order valence-corrected chi connectivity index (χ4v) is 5.56. The van der Waals surface area contributed by atoms with E-state index in [1.165, 1.54) is 0 Å². The largest absolute Gasteiger partial charge is 0.402 e. The van der Waals surface area contributed by atoms with Crippen molar-refractivity contribution in [1.29, 1.82) is 0 Å². The van der Waals surface area contributed by atoms with Gasteiger partial charge in [0.05, 0.1) is 0 Å². The number of benzene rings is 1. The minimum absolute atomic E-state index is 0.0597. The standard InChI is InChI=1S/C24H29Cl2N9O2/c1-2-16-13-34(21-19(26)29-18(20(27)30-21)22-31-32-24(28)37-22)11-12-35(16)17-7-9-33(10-8-17)23(36)14-3-5-15(25)6-4-14/h3-6,16-17H,2,7-13H2,1H3,(H2,27,30)(H2,28,32)/t16-/m0/s1. The lowest BCUT2D eigenvalue weighted by Crippen LogP contribution is -2.58. The van der Waals surface area contributed by atoms with Gasteiger partial charge in [-0.2, -0.15) is 0 Å². The Hall–Kier alpha value is -3.15. The molecule has 5 rings (SSSR count). The molecule has 2 aromatic heterocycles. The maximum atomic E-state index is 12.9. The van der Waals surface area contributed by atoms with Crippen LogP contribution < -0.4 is 16.4 Å². The number of halogens is 2. The molecule has 11 nitrogen and oxygen atoms in total. The maximum Gasteiger partial charge on any atom is 0.313 e. The zero-order valence-electron chi connectivity index (χ0n) is 20.5. The van der Waals surface area contributed by atoms with Gasteiger partial charge in [0, 0.05) is 55.4 Å². The summed E-state index contributed by atoms with van der Waals surface area (Å²) in [4.78, 5) is 28.4. The third-order valence-corrected chi connectivity index (χ3v) is 7.62. The number of amides is 1. The fraction of sp³-hybridized carbons (Fsp3) is 0.458. The number of nitrogens with two attached hydrogens (primary N) is 2. The Labute approximate surface area is 224 Å². The molecular formula is C24H29Cl2N9O2. The van der Waals surface area contributed by atoms with Crippen molar-refractivity contribution in [1.82, 2.24) is 30.0 Å². The number of carbonyl (C=O) groups is 1. The highest BCUT2D eigenvalue weighted by Gasteiger charge is 2.35. The van der Waals surface area contributed by atoms with Gasteiger partial charge in [-0.3, -0.25) is 9.69 Å². The van der Waals surface area contributed by atoms with Crippen molar-refractivity contribution >= 4 is 46.8 Å². The van der Waals surface area contributed by atoms with E-state index in [1.54, 1.807) is 24.3 Å². The highest BCUT2D eigenvalue weighted by Crippen LogP contribution is 2.32. The average molecular weight is 546 g/mol. The van der Waals surface area contributed by atoms with Crippen LogP contribution in [0.3, 0.4) is 0 Å². The third-order valence-electron chi connectivity index (χ3n) is 7.12. The van der Waals surface area contributed by atoms with E-state index in [4.69, 9.17) is 39.1 Å². The van der Waals surface area contributed by atoms with E-state index in [0.717, 1.165) is 52.0 Å². The Morgan fingerprint density at radius 1 is 1.05 bits per heavy atom. The van der Waals surface area contributed by atoms with Gasteiger partial charge < -0.3 is 25.7 Å². The highest BCUT2D eigenvalue weighted by molar-refractivity contribution is 6.32. The van der Waals surface area contributed by atoms with Crippen molar-refractivity contribution in [2.24, 2.45) is 0 Å². The molecule has 4 N–H and O–H groups in total. The number of aromatic nitrogens is 4. The van der Waals surface area contributed by atoms with Crippen molar-refractivity contribution < 1.29 is 9.21 Å². The Morgan fingerprint density at radius 3 is 2.43 bits per heavy atom. The second-order valence-electron chi connectivity index (χ2n) is 9.29. The molecule has 3 aromatic rings. The molecule has 0 radical (unpaired) electrons. The number of carbonyl (C=O) groups excluding carboxylic acids is 1. The fourth-order valence-electron chi connectivity index (χ4n) is 5.19. The normalized spacial score (nSPS) is 19.4. The number of hydrogen-bond donors (Lipinski definition) is 2. The first-order valence-electron chi connectivity index (χ1n) is 12.3. The van der Waals surface area contributed by atoms with E-state index in [0.29, 0.717) is 28.5 Å². The Bertz CT molecular complexity index is 1260. The summed E-state index contributed by atoms with van der Waals surface area (Å²) < 4.78 is 5.22. The Morgan fingerprint density at radius 2 is 1.78 bits per heavy atom. The van der Waals surface area contributed by atoms with E-state index in [-0.39, 0.29) is 34.5 Å². The molecule has 2 aliphatic heterocycles. The Kier molecular flexibility index (Phi) is 7.36. The molecule has 2 fully saturated rings. The van der Waals surface area contributed by atoms with Crippen LogP contribution in [0.2, 0.25) is 10.2 Å². The van der Waals surface area contributed by atoms with Gasteiger partial charge in [0.25, 0.3) is 11.8 Å². The summed E-state index contributed by atoms with van der Waals surface area (Å²) in [5, 5.41) is 8.30. The van der Waals surface area contributed by atoms with Crippen molar-refractivity contribution in [2.75, 3.05) is 49.1 Å². The van der Waals surface area contributed by atoms with E-state index in [1.807, 2.05) is 4.90 Å². The van der Waals surface area contributed by atoms with Gasteiger partial charge in [-0.1, -0.05) is 35.2 Å². The number of hydrogen-bond acceptors (Lipinski definition) is 10. The average Bonchev–Trinajstić information content (AvgIpc) is 3.35. The molecule has 0 bridgehead atoms. The number of nitrogens with zero attached hydrogens (tertiary/aromatic N) is 7. The topological polar surface area (TPSA) is 144 Å². The lowest BCUT2D eigenvalue weighted by molar-refractivity contribution is 0.0491. The highest BCUT2D eigenvalue weighted by atomic mass is 35.5. The zero-order valence-corrected chi connectivity index (χ0v) is 22.0. The summed E-state index contributed by atoms with van der Waals surface area (Å²) in [6.07, 6.45) is 2.84. The smallest absolute Gasteiger partial charge is 0.313 e. The molecule has 2 saturated heterocycles. The predicted molar refractivity (Wildman–Crippen MR) is 143 cm³/mol. The van der Waals surface area contributed by atoms with Crippen LogP contribution in [-0.4, -0.2) is 80.7 Å². The predicted octanol–water partition coefficient (Wildman–Crippen LogP) is 3.20. The second-order valence-corrected chi connectivity index (χ2v) is 10.1. The first-order valence-corrected chi connectivity index (χ1v) is 13.1. The molecule has 0 unspecified atom stereocenters. The lowest BCUT2D eigenvalue weighted by atomic mass is 9.97. The van der Waals surface area contributed by atoms with Crippen molar-refractivity contribution in [2.45, 2.75) is 38.3 Å². The van der Waals surface area contributed by atoms with E-state index in [2.05, 4.69) is 36.9 Å². The van der Waals surface area contributed by atoms with Crippen LogP contribution in [-0.2, 0) is 0 Å². The van der Waals surface area contributed by atoms with Crippen LogP contribution in [0.15, 0.2) is 28.7 Å². The molecule has 4 heterocycles. The summed E-state index contributed by atoms with van der Waals surface area (Å²) in [6, 6.07) is 7.72. The molecule has 13 heteroatoms. The van der Waals surface area contributed by atoms with Crippen LogP contribution >= 0.6 is 23.2 Å². The SMILES string of the molecule is CC[C@H]1CN(c2nc(N)c(-c3nnc(N)o3)nc2Cl)CCN1C1CCN(C(=O)c2ccc(Cl)cc2)CC1. The van der Waals surface area contributed by atoms with Crippen LogP contribution in [0.25, 0.3) is 11.6 Å². The van der Waals surface area contributed by atoms with E-state index < -0.39 is 0 Å². The molecule has 0 saturated carbocycles. The number of likely N-dealkylation sites (tertiary alicyclic amines) is 1. The van der Waals surface area contributed by atoms with Crippen LogP contribution in [0.5, 0.6) is 0 Å². The van der Waals surface area contributed by atoms with Gasteiger partial charge in [0.1, 0.15) is 0 Å². The van der Waals surface area contributed by atoms with Gasteiger partial charge in [-0.15, -0.1) is 5.10 Å². The summed E-state index contributed by atoms with van der Waals surface area (Å²) in [5.74, 6) is 0.825. The molecule has 0 spiro atoms. The number of rotatable bonds is 5. The summed E-state index contributed by atoms with van der Waals surface area (Å²) in [5.41, 5.74) is 12.6. The zero-order chi connectivity index (χ0) is 26.1. The first kappa shape index (κ1) is 25.5. The minimum atomic E-state index is -0.0847. The third kappa shape index (κ3) is 5.29. The summed E-state index contributed by atoms with van der Waals surface area (Å²) in [6.45, 7) is 6.00. The van der Waals surface area contributed by atoms with E-state index in [9.17, 15) is 4.79 Å². The van der Waals surface area contributed by atoms with Gasteiger partial charge in [-0.25, -0.2) is 9.97 Å². The molecule has 2 aliphatic rings. The van der Waals surface area contributed by atoms with Crippen LogP contribution in [0.4, 0.5) is 17.7 Å². The van der Waals surface area contributed by atoms with Gasteiger partial charge >= 0.3 is 6.01 Å². The van der Waals surface area contributed by atoms with E-state index >= 15 is 0 Å². The van der Waals surface area contributed by atoms with Crippen LogP contribution in [0.1, 0.15) is 36.5 Å². The maximum absolute atomic E-state index is 12.9. The molecule has 1 aromatic carbocycles. The number of nitrogen functional groups attached to an aromatic ring is 2. The Balaban J connectivity index is 1.23. The summed E-state index contributed by atoms with van der Waals surface area (Å²) >= 11 is 12.5. The molecule has 1 amide bonds.